The van der Waals surface area contributed by atoms with Crippen molar-refractivity contribution in [2.45, 2.75) is 45.4 Å². The van der Waals surface area contributed by atoms with Gasteiger partial charge in [0.2, 0.25) is 0 Å². The Hall–Kier alpha value is -2.87. The van der Waals surface area contributed by atoms with Crippen LogP contribution in [0.25, 0.3) is 0 Å². The molecule has 2 heterocycles. The number of anilines is 1. The van der Waals surface area contributed by atoms with Crippen molar-refractivity contribution in [1.29, 1.82) is 0 Å². The van der Waals surface area contributed by atoms with E-state index in [9.17, 15) is 9.59 Å². The quantitative estimate of drug-likeness (QED) is 0.620. The van der Waals surface area contributed by atoms with Crippen LogP contribution in [0.4, 0.5) is 15.3 Å². The number of rotatable bonds is 7. The lowest BCUT2D eigenvalue weighted by Gasteiger charge is -2.34. The van der Waals surface area contributed by atoms with E-state index in [1.807, 2.05) is 17.0 Å². The van der Waals surface area contributed by atoms with E-state index >= 15 is 0 Å². The van der Waals surface area contributed by atoms with Gasteiger partial charge in [0.1, 0.15) is 6.33 Å². The molecule has 2 N–H and O–H groups in total. The average Bonchev–Trinajstić information content (AvgIpc) is 3.31. The number of hydrogen-bond donors (Lipinski definition) is 2. The van der Waals surface area contributed by atoms with Gasteiger partial charge < -0.3 is 20.4 Å². The molecule has 1 aliphatic heterocycles. The van der Waals surface area contributed by atoms with Gasteiger partial charge in [-0.15, -0.1) is 0 Å². The van der Waals surface area contributed by atoms with Crippen molar-refractivity contribution >= 4 is 17.7 Å². The first-order valence-corrected chi connectivity index (χ1v) is 11.8. The minimum Gasteiger partial charge on any atom is -0.338 e. The molecule has 0 saturated carbocycles. The van der Waals surface area contributed by atoms with Gasteiger partial charge in [0, 0.05) is 44.3 Å². The summed E-state index contributed by atoms with van der Waals surface area (Å²) in [5.74, 6) is 0.462. The van der Waals surface area contributed by atoms with Crippen LogP contribution in [0.3, 0.4) is 0 Å². The number of benzene rings is 1. The van der Waals surface area contributed by atoms with Crippen LogP contribution in [0.5, 0.6) is 0 Å². The van der Waals surface area contributed by atoms with Crippen molar-refractivity contribution < 1.29 is 9.59 Å². The second kappa shape index (κ2) is 11.3. The van der Waals surface area contributed by atoms with Gasteiger partial charge in [-0.1, -0.05) is 32.9 Å². The third kappa shape index (κ3) is 7.60. The molecule has 0 spiro atoms. The molecule has 1 aliphatic rings. The molecule has 0 aliphatic carbocycles. The molecule has 0 radical (unpaired) electrons. The highest BCUT2D eigenvalue weighted by atomic mass is 16.2. The molecule has 8 heteroatoms. The number of nitrogens with one attached hydrogen (secondary N) is 2. The molecule has 0 bridgehead atoms. The molecule has 1 unspecified atom stereocenters. The molecular formula is C25H38N6O2. The van der Waals surface area contributed by atoms with Gasteiger partial charge in [-0.3, -0.25) is 4.57 Å². The first-order chi connectivity index (χ1) is 15.7. The highest BCUT2D eigenvalue weighted by molar-refractivity contribution is 5.89. The van der Waals surface area contributed by atoms with Crippen LogP contribution >= 0.6 is 0 Å². The monoisotopic (exact) mass is 454 g/mol. The summed E-state index contributed by atoms with van der Waals surface area (Å²) in [6.07, 6.45) is 7.91. The molecule has 1 aromatic heterocycles. The van der Waals surface area contributed by atoms with Gasteiger partial charge in [-0.05, 0) is 61.9 Å². The fourth-order valence-electron chi connectivity index (χ4n) is 4.24. The third-order valence-electron chi connectivity index (χ3n) is 6.10. The minimum atomic E-state index is -0.179. The van der Waals surface area contributed by atoms with E-state index in [0.29, 0.717) is 12.5 Å². The summed E-state index contributed by atoms with van der Waals surface area (Å²) < 4.78 is 1.54. The topological polar surface area (TPSA) is 82.5 Å². The Balaban J connectivity index is 1.32. The SMILES string of the molecule is CN(CCCNC(=O)Nc1ccc(C(C)(C)C)cc1)CC1CCCN(C(=O)n2ccnc2)C1. The summed E-state index contributed by atoms with van der Waals surface area (Å²) in [6.45, 7) is 10.5. The Morgan fingerprint density at radius 1 is 1.21 bits per heavy atom. The van der Waals surface area contributed by atoms with Crippen molar-refractivity contribution in [3.05, 3.63) is 48.5 Å². The number of hydrogen-bond acceptors (Lipinski definition) is 4. The lowest BCUT2D eigenvalue weighted by Crippen LogP contribution is -2.44. The maximum atomic E-state index is 12.5. The number of piperidine rings is 1. The summed E-state index contributed by atoms with van der Waals surface area (Å²) >= 11 is 0. The van der Waals surface area contributed by atoms with Gasteiger partial charge in [-0.2, -0.15) is 0 Å². The molecule has 3 amide bonds. The van der Waals surface area contributed by atoms with Crippen LogP contribution < -0.4 is 10.6 Å². The zero-order valence-electron chi connectivity index (χ0n) is 20.4. The van der Waals surface area contributed by atoms with E-state index in [0.717, 1.165) is 51.1 Å². The van der Waals surface area contributed by atoms with Crippen LogP contribution in [0.2, 0.25) is 0 Å². The molecule has 8 nitrogen and oxygen atoms in total. The Morgan fingerprint density at radius 2 is 1.97 bits per heavy atom. The maximum Gasteiger partial charge on any atom is 0.329 e. The summed E-state index contributed by atoms with van der Waals surface area (Å²) in [4.78, 5) is 32.9. The summed E-state index contributed by atoms with van der Waals surface area (Å²) in [5.41, 5.74) is 2.13. The number of likely N-dealkylation sites (tertiary alicyclic amines) is 1. The Morgan fingerprint density at radius 3 is 2.64 bits per heavy atom. The molecule has 1 atom stereocenters. The standard InChI is InChI=1S/C25H38N6O2/c1-25(2,3)21-8-10-22(11-9-21)28-23(32)27-12-6-14-29(4)17-20-7-5-15-30(18-20)24(33)31-16-13-26-19-31/h8-11,13,16,19-20H,5-7,12,14-15,17-18H2,1-4H3,(H2,27,28,32). The Labute approximate surface area is 197 Å². The van der Waals surface area contributed by atoms with E-state index in [1.165, 1.54) is 5.56 Å². The Kier molecular flexibility index (Phi) is 8.49. The lowest BCUT2D eigenvalue weighted by molar-refractivity contribution is 0.148. The van der Waals surface area contributed by atoms with Crippen molar-refractivity contribution in [3.8, 4) is 0 Å². The fraction of sp³-hybridized carbons (Fsp3) is 0.560. The molecule has 1 saturated heterocycles. The van der Waals surface area contributed by atoms with Gasteiger partial charge in [0.25, 0.3) is 0 Å². The van der Waals surface area contributed by atoms with E-state index in [1.54, 1.807) is 23.3 Å². The van der Waals surface area contributed by atoms with E-state index in [4.69, 9.17) is 0 Å². The zero-order chi connectivity index (χ0) is 23.8. The van der Waals surface area contributed by atoms with Crippen molar-refractivity contribution in [2.75, 3.05) is 45.1 Å². The highest BCUT2D eigenvalue weighted by Crippen LogP contribution is 2.23. The number of urea groups is 1. The van der Waals surface area contributed by atoms with Crippen molar-refractivity contribution in [2.24, 2.45) is 5.92 Å². The second-order valence-corrected chi connectivity index (χ2v) is 10.0. The van der Waals surface area contributed by atoms with E-state index < -0.39 is 0 Å². The largest absolute Gasteiger partial charge is 0.338 e. The summed E-state index contributed by atoms with van der Waals surface area (Å²) in [7, 11) is 2.10. The highest BCUT2D eigenvalue weighted by Gasteiger charge is 2.25. The minimum absolute atomic E-state index is 0.00288. The number of aromatic nitrogens is 2. The number of amides is 3. The first kappa shape index (κ1) is 24.8. The molecule has 1 fully saturated rings. The zero-order valence-corrected chi connectivity index (χ0v) is 20.4. The predicted molar refractivity (Wildman–Crippen MR) is 132 cm³/mol. The summed E-state index contributed by atoms with van der Waals surface area (Å²) in [5, 5.41) is 5.83. The van der Waals surface area contributed by atoms with E-state index in [-0.39, 0.29) is 17.5 Å². The molecule has 1 aromatic carbocycles. The van der Waals surface area contributed by atoms with Crippen LogP contribution in [0.15, 0.2) is 43.0 Å². The molecule has 180 valence electrons. The van der Waals surface area contributed by atoms with Gasteiger partial charge in [0.15, 0.2) is 0 Å². The number of imidazole rings is 1. The van der Waals surface area contributed by atoms with Crippen LogP contribution in [-0.2, 0) is 5.41 Å². The maximum absolute atomic E-state index is 12.5. The van der Waals surface area contributed by atoms with Crippen molar-refractivity contribution in [1.82, 2.24) is 24.7 Å². The first-order valence-electron chi connectivity index (χ1n) is 11.8. The molecule has 3 rings (SSSR count). The van der Waals surface area contributed by atoms with Crippen LogP contribution in [0.1, 0.15) is 45.6 Å². The predicted octanol–water partition coefficient (Wildman–Crippen LogP) is 4.00. The molecule has 33 heavy (non-hydrogen) atoms. The van der Waals surface area contributed by atoms with Crippen LogP contribution in [-0.4, -0.2) is 71.2 Å². The van der Waals surface area contributed by atoms with Gasteiger partial charge >= 0.3 is 12.1 Å². The van der Waals surface area contributed by atoms with Crippen molar-refractivity contribution in [3.63, 3.8) is 0 Å². The van der Waals surface area contributed by atoms with Gasteiger partial charge in [-0.25, -0.2) is 14.6 Å². The summed E-state index contributed by atoms with van der Waals surface area (Å²) in [6, 6.07) is 7.82. The fourth-order valence-corrected chi connectivity index (χ4v) is 4.24. The normalized spacial score (nSPS) is 16.6. The second-order valence-electron chi connectivity index (χ2n) is 10.0. The number of nitrogens with zero attached hydrogens (tertiary/aromatic N) is 4. The average molecular weight is 455 g/mol. The lowest BCUT2D eigenvalue weighted by atomic mass is 9.87. The number of carbonyl (C=O) groups is 2. The number of carbonyl (C=O) groups excluding carboxylic acids is 2. The Bertz CT molecular complexity index is 889. The van der Waals surface area contributed by atoms with Crippen LogP contribution in [0, 0.1) is 5.92 Å². The van der Waals surface area contributed by atoms with E-state index in [2.05, 4.69) is 60.5 Å². The van der Waals surface area contributed by atoms with Gasteiger partial charge in [0.05, 0.1) is 0 Å². The third-order valence-corrected chi connectivity index (χ3v) is 6.10. The smallest absolute Gasteiger partial charge is 0.329 e. The molecule has 2 aromatic rings. The molecular weight excluding hydrogens is 416 g/mol.